The standard InChI is InChI=1S/C27H52NO10P/c1-3-5-7-9-10-11-12-13-14-15-17-19-26(31)36-20-23(29)21-37-39(34,35)38-22-24(27(32)33)28-25(30)18-16-8-6-4-2/h23-24,29H,3-22H2,1-2H3,(H,28,30)(H,32,33)(H,34,35). The third kappa shape index (κ3) is 24.0. The summed E-state index contributed by atoms with van der Waals surface area (Å²) in [5.41, 5.74) is 0. The number of phosphoric ester groups is 1. The number of carbonyl (C=O) groups excluding carboxylic acids is 2. The summed E-state index contributed by atoms with van der Waals surface area (Å²) in [7, 11) is -4.72. The van der Waals surface area contributed by atoms with Crippen molar-refractivity contribution >= 4 is 25.7 Å². The SMILES string of the molecule is CCCCCCCCCCCCCC(=O)OCC(O)COP(=O)(O)OCC(NC(=O)CCCCCC)C(=O)O. The molecule has 1 amide bonds. The van der Waals surface area contributed by atoms with Crippen LogP contribution in [-0.2, 0) is 32.7 Å². The smallest absolute Gasteiger partial charge is 0.472 e. The molecule has 0 saturated carbocycles. The normalized spacial score (nSPS) is 14.4. The zero-order valence-electron chi connectivity index (χ0n) is 23.9. The highest BCUT2D eigenvalue weighted by atomic mass is 31.2. The summed E-state index contributed by atoms with van der Waals surface area (Å²) in [6.45, 7) is 2.36. The van der Waals surface area contributed by atoms with E-state index in [2.05, 4.69) is 21.3 Å². The summed E-state index contributed by atoms with van der Waals surface area (Å²) >= 11 is 0. The molecule has 0 aliphatic rings. The van der Waals surface area contributed by atoms with Crippen molar-refractivity contribution in [1.29, 1.82) is 0 Å². The first-order valence-electron chi connectivity index (χ1n) is 14.6. The van der Waals surface area contributed by atoms with Crippen molar-refractivity contribution in [2.75, 3.05) is 19.8 Å². The fraction of sp³-hybridized carbons (Fsp3) is 0.889. The lowest BCUT2D eigenvalue weighted by atomic mass is 10.1. The van der Waals surface area contributed by atoms with E-state index in [0.717, 1.165) is 38.5 Å². The molecule has 0 radical (unpaired) electrons. The third-order valence-electron chi connectivity index (χ3n) is 6.15. The molecule has 0 spiro atoms. The molecule has 0 aromatic heterocycles. The number of aliphatic hydroxyl groups is 1. The highest BCUT2D eigenvalue weighted by molar-refractivity contribution is 7.47. The van der Waals surface area contributed by atoms with Crippen molar-refractivity contribution in [3.63, 3.8) is 0 Å². The Bertz CT molecular complexity index is 706. The Morgan fingerprint density at radius 1 is 0.718 bits per heavy atom. The maximum Gasteiger partial charge on any atom is 0.472 e. The zero-order valence-corrected chi connectivity index (χ0v) is 24.8. The predicted molar refractivity (Wildman–Crippen MR) is 148 cm³/mol. The second-order valence-corrected chi connectivity index (χ2v) is 11.4. The van der Waals surface area contributed by atoms with Gasteiger partial charge in [0.2, 0.25) is 5.91 Å². The number of amides is 1. The van der Waals surface area contributed by atoms with Gasteiger partial charge >= 0.3 is 19.8 Å². The Hall–Kier alpha value is -1.52. The van der Waals surface area contributed by atoms with Crippen LogP contribution in [0.4, 0.5) is 0 Å². The molecule has 0 aliphatic heterocycles. The molecule has 0 heterocycles. The summed E-state index contributed by atoms with van der Waals surface area (Å²) < 4.78 is 26.3. The van der Waals surface area contributed by atoms with Gasteiger partial charge in [0, 0.05) is 12.8 Å². The number of carboxylic acids is 1. The molecule has 4 N–H and O–H groups in total. The average molecular weight is 582 g/mol. The van der Waals surface area contributed by atoms with Gasteiger partial charge in [0.1, 0.15) is 12.7 Å². The van der Waals surface area contributed by atoms with E-state index in [1.807, 2.05) is 6.92 Å². The Labute approximate surface area is 234 Å². The van der Waals surface area contributed by atoms with Gasteiger partial charge in [-0.15, -0.1) is 0 Å². The number of esters is 1. The summed E-state index contributed by atoms with van der Waals surface area (Å²) in [6, 6.07) is -1.53. The number of hydrogen-bond donors (Lipinski definition) is 4. The summed E-state index contributed by atoms with van der Waals surface area (Å²) in [5, 5.41) is 21.4. The molecule has 0 rings (SSSR count). The molecule has 0 aromatic rings. The van der Waals surface area contributed by atoms with E-state index < -0.39 is 57.6 Å². The maximum absolute atomic E-state index is 12.0. The van der Waals surface area contributed by atoms with E-state index in [1.165, 1.54) is 44.9 Å². The second-order valence-electron chi connectivity index (χ2n) is 9.95. The van der Waals surface area contributed by atoms with Gasteiger partial charge in [0.25, 0.3) is 0 Å². The zero-order chi connectivity index (χ0) is 29.4. The number of aliphatic hydroxyl groups excluding tert-OH is 1. The van der Waals surface area contributed by atoms with Gasteiger partial charge in [0.05, 0.1) is 13.2 Å². The molecule has 11 nitrogen and oxygen atoms in total. The monoisotopic (exact) mass is 581 g/mol. The number of aliphatic carboxylic acids is 1. The number of rotatable bonds is 27. The van der Waals surface area contributed by atoms with E-state index >= 15 is 0 Å². The molecule has 12 heteroatoms. The molecule has 39 heavy (non-hydrogen) atoms. The van der Waals surface area contributed by atoms with Gasteiger partial charge in [-0.05, 0) is 12.8 Å². The van der Waals surface area contributed by atoms with Gasteiger partial charge in [-0.3, -0.25) is 18.6 Å². The first kappa shape index (κ1) is 37.5. The van der Waals surface area contributed by atoms with E-state index in [4.69, 9.17) is 4.74 Å². The predicted octanol–water partition coefficient (Wildman–Crippen LogP) is 5.27. The van der Waals surface area contributed by atoms with Crippen molar-refractivity contribution in [1.82, 2.24) is 5.32 Å². The quantitative estimate of drug-likeness (QED) is 0.0570. The van der Waals surface area contributed by atoms with Gasteiger partial charge in [-0.2, -0.15) is 0 Å². The lowest BCUT2D eigenvalue weighted by Gasteiger charge is -2.18. The highest BCUT2D eigenvalue weighted by Gasteiger charge is 2.28. The maximum atomic E-state index is 12.0. The fourth-order valence-corrected chi connectivity index (χ4v) is 4.56. The number of carbonyl (C=O) groups is 3. The molecule has 0 fully saturated rings. The number of hydrogen-bond acceptors (Lipinski definition) is 8. The number of ether oxygens (including phenoxy) is 1. The Kier molecular flexibility index (Phi) is 23.3. The molecule has 0 aromatic carbocycles. The Morgan fingerprint density at radius 3 is 1.72 bits per heavy atom. The fourth-order valence-electron chi connectivity index (χ4n) is 3.78. The van der Waals surface area contributed by atoms with Gasteiger partial charge < -0.3 is 25.2 Å². The topological polar surface area (TPSA) is 169 Å². The van der Waals surface area contributed by atoms with Crippen molar-refractivity contribution in [3.05, 3.63) is 0 Å². The first-order valence-corrected chi connectivity index (χ1v) is 16.1. The highest BCUT2D eigenvalue weighted by Crippen LogP contribution is 2.43. The average Bonchev–Trinajstić information content (AvgIpc) is 2.89. The molecular weight excluding hydrogens is 529 g/mol. The summed E-state index contributed by atoms with van der Waals surface area (Å²) in [5.74, 6) is -2.40. The molecule has 0 bridgehead atoms. The minimum absolute atomic E-state index is 0.140. The van der Waals surface area contributed by atoms with Crippen LogP contribution in [0.25, 0.3) is 0 Å². The Balaban J connectivity index is 4.00. The van der Waals surface area contributed by atoms with E-state index in [0.29, 0.717) is 12.8 Å². The van der Waals surface area contributed by atoms with Gasteiger partial charge in [0.15, 0.2) is 6.04 Å². The van der Waals surface area contributed by atoms with Crippen LogP contribution in [0.15, 0.2) is 0 Å². The minimum atomic E-state index is -4.72. The second kappa shape index (κ2) is 24.3. The molecule has 230 valence electrons. The third-order valence-corrected chi connectivity index (χ3v) is 7.10. The van der Waals surface area contributed by atoms with Crippen LogP contribution in [0.1, 0.15) is 123 Å². The van der Waals surface area contributed by atoms with Crippen LogP contribution >= 0.6 is 7.82 Å². The lowest BCUT2D eigenvalue weighted by Crippen LogP contribution is -2.43. The molecule has 0 aliphatic carbocycles. The Morgan fingerprint density at radius 2 is 1.18 bits per heavy atom. The van der Waals surface area contributed by atoms with Gasteiger partial charge in [-0.1, -0.05) is 97.3 Å². The van der Waals surface area contributed by atoms with Crippen LogP contribution in [0.2, 0.25) is 0 Å². The van der Waals surface area contributed by atoms with Crippen molar-refractivity contribution in [3.8, 4) is 0 Å². The van der Waals surface area contributed by atoms with Crippen LogP contribution < -0.4 is 5.32 Å². The summed E-state index contributed by atoms with van der Waals surface area (Å²) in [4.78, 5) is 44.8. The molecular formula is C27H52NO10P. The summed E-state index contributed by atoms with van der Waals surface area (Å²) in [6.07, 6.45) is 15.2. The van der Waals surface area contributed by atoms with E-state index in [9.17, 15) is 34.1 Å². The lowest BCUT2D eigenvalue weighted by molar-refractivity contribution is -0.147. The molecule has 0 saturated heterocycles. The number of unbranched alkanes of at least 4 members (excludes halogenated alkanes) is 13. The van der Waals surface area contributed by atoms with Crippen LogP contribution in [0.3, 0.4) is 0 Å². The number of carboxylic acid groups (broad SMARTS) is 1. The number of nitrogens with one attached hydrogen (secondary N) is 1. The van der Waals surface area contributed by atoms with Crippen LogP contribution in [-0.4, -0.2) is 64.9 Å². The van der Waals surface area contributed by atoms with Crippen LogP contribution in [0.5, 0.6) is 0 Å². The van der Waals surface area contributed by atoms with E-state index in [-0.39, 0.29) is 12.8 Å². The minimum Gasteiger partial charge on any atom is -0.480 e. The van der Waals surface area contributed by atoms with Crippen molar-refractivity contribution in [2.24, 2.45) is 0 Å². The number of phosphoric acid groups is 1. The largest absolute Gasteiger partial charge is 0.480 e. The van der Waals surface area contributed by atoms with E-state index in [1.54, 1.807) is 0 Å². The van der Waals surface area contributed by atoms with Crippen LogP contribution in [0, 0.1) is 0 Å². The van der Waals surface area contributed by atoms with Crippen molar-refractivity contribution < 1.29 is 47.8 Å². The van der Waals surface area contributed by atoms with Crippen molar-refractivity contribution in [2.45, 2.75) is 135 Å². The first-order chi connectivity index (χ1) is 18.6. The molecule has 3 unspecified atom stereocenters. The van der Waals surface area contributed by atoms with Gasteiger partial charge in [-0.25, -0.2) is 9.36 Å². The molecule has 3 atom stereocenters.